The summed E-state index contributed by atoms with van der Waals surface area (Å²) in [6.07, 6.45) is 1.75. The molecule has 0 spiro atoms. The van der Waals surface area contributed by atoms with Crippen molar-refractivity contribution in [1.29, 1.82) is 0 Å². The van der Waals surface area contributed by atoms with Crippen LogP contribution in [0.3, 0.4) is 0 Å². The van der Waals surface area contributed by atoms with Gasteiger partial charge >= 0.3 is 0 Å². The molecule has 0 aromatic carbocycles. The van der Waals surface area contributed by atoms with Crippen LogP contribution in [0.4, 0.5) is 0 Å². The summed E-state index contributed by atoms with van der Waals surface area (Å²) < 4.78 is 5.59. The molecule has 1 heterocycles. The molecular weight excluding hydrogens is 190 g/mol. The Labute approximate surface area is 91.1 Å². The Morgan fingerprint density at radius 3 is 2.80 bits per heavy atom. The monoisotopic (exact) mass is 209 g/mol. The number of pyridine rings is 1. The van der Waals surface area contributed by atoms with Gasteiger partial charge in [0.1, 0.15) is 6.61 Å². The third-order valence-corrected chi connectivity index (χ3v) is 2.23. The quantitative estimate of drug-likeness (QED) is 0.779. The first-order valence-corrected chi connectivity index (χ1v) is 5.07. The van der Waals surface area contributed by atoms with E-state index in [0.29, 0.717) is 19.0 Å². The number of aryl methyl sites for hydroxylation is 1. The molecule has 1 rings (SSSR count). The molecule has 0 saturated heterocycles. The van der Waals surface area contributed by atoms with Gasteiger partial charge in [0, 0.05) is 24.8 Å². The van der Waals surface area contributed by atoms with E-state index in [0.717, 1.165) is 17.7 Å². The largest absolute Gasteiger partial charge is 0.476 e. The summed E-state index contributed by atoms with van der Waals surface area (Å²) in [5, 5.41) is 0. The van der Waals surface area contributed by atoms with Crippen molar-refractivity contribution in [3.63, 3.8) is 0 Å². The van der Waals surface area contributed by atoms with E-state index < -0.39 is 0 Å². The van der Waals surface area contributed by atoms with Gasteiger partial charge in [-0.1, -0.05) is 0 Å². The van der Waals surface area contributed by atoms with Gasteiger partial charge in [0.25, 0.3) is 0 Å². The maximum absolute atomic E-state index is 5.65. The van der Waals surface area contributed by atoms with Crippen molar-refractivity contribution < 1.29 is 4.74 Å². The minimum absolute atomic E-state index is 0.469. The number of aromatic nitrogens is 1. The summed E-state index contributed by atoms with van der Waals surface area (Å²) in [6, 6.07) is 1.95. The Morgan fingerprint density at radius 2 is 2.20 bits per heavy atom. The first kappa shape index (κ1) is 11.9. The van der Waals surface area contributed by atoms with Crippen LogP contribution < -0.4 is 10.5 Å². The van der Waals surface area contributed by atoms with Crippen LogP contribution in [-0.4, -0.2) is 37.1 Å². The van der Waals surface area contributed by atoms with Gasteiger partial charge in [-0.2, -0.15) is 0 Å². The highest BCUT2D eigenvalue weighted by atomic mass is 16.5. The highest BCUT2D eigenvalue weighted by Gasteiger charge is 2.06. The van der Waals surface area contributed by atoms with Gasteiger partial charge in [-0.15, -0.1) is 0 Å². The Kier molecular flexibility index (Phi) is 4.52. The van der Waals surface area contributed by atoms with Crippen LogP contribution in [0.2, 0.25) is 0 Å². The maximum Gasteiger partial charge on any atom is 0.218 e. The predicted octanol–water partition coefficient (Wildman–Crippen LogP) is 0.789. The first-order valence-electron chi connectivity index (χ1n) is 5.07. The molecule has 84 valence electrons. The second-order valence-electron chi connectivity index (χ2n) is 3.77. The average Bonchev–Trinajstić information content (AvgIpc) is 2.17. The van der Waals surface area contributed by atoms with Gasteiger partial charge in [0.05, 0.1) is 0 Å². The highest BCUT2D eigenvalue weighted by Crippen LogP contribution is 2.17. The lowest BCUT2D eigenvalue weighted by atomic mass is 10.1. The van der Waals surface area contributed by atoms with Crippen molar-refractivity contribution >= 4 is 0 Å². The highest BCUT2D eigenvalue weighted by molar-refractivity contribution is 5.33. The normalized spacial score (nSPS) is 10.7. The molecule has 4 nitrogen and oxygen atoms in total. The van der Waals surface area contributed by atoms with Crippen molar-refractivity contribution in [3.05, 3.63) is 23.4 Å². The summed E-state index contributed by atoms with van der Waals surface area (Å²) in [7, 11) is 4.02. The number of hydrogen-bond acceptors (Lipinski definition) is 4. The van der Waals surface area contributed by atoms with E-state index in [1.807, 2.05) is 27.1 Å². The molecule has 2 N–H and O–H groups in total. The van der Waals surface area contributed by atoms with Gasteiger partial charge < -0.3 is 15.4 Å². The molecule has 1 aromatic heterocycles. The number of rotatable bonds is 5. The standard InChI is InChI=1S/C11H19N3O/c1-9-4-5-13-11(10(9)8-12)15-7-6-14(2)3/h4-5H,6-8,12H2,1-3H3. The number of likely N-dealkylation sites (N-methyl/N-ethyl adjacent to an activating group) is 1. The molecule has 0 atom stereocenters. The fourth-order valence-corrected chi connectivity index (χ4v) is 1.26. The van der Waals surface area contributed by atoms with Crippen LogP contribution in [0.1, 0.15) is 11.1 Å². The van der Waals surface area contributed by atoms with Crippen molar-refractivity contribution in [3.8, 4) is 5.88 Å². The third-order valence-electron chi connectivity index (χ3n) is 2.23. The Balaban J connectivity index is 2.64. The molecule has 0 aliphatic rings. The topological polar surface area (TPSA) is 51.4 Å². The van der Waals surface area contributed by atoms with E-state index in [9.17, 15) is 0 Å². The first-order chi connectivity index (χ1) is 7.15. The lowest BCUT2D eigenvalue weighted by Gasteiger charge is -2.13. The second-order valence-corrected chi connectivity index (χ2v) is 3.77. The van der Waals surface area contributed by atoms with E-state index in [-0.39, 0.29) is 0 Å². The minimum Gasteiger partial charge on any atom is -0.476 e. The van der Waals surface area contributed by atoms with E-state index >= 15 is 0 Å². The summed E-state index contributed by atoms with van der Waals surface area (Å²) >= 11 is 0. The summed E-state index contributed by atoms with van der Waals surface area (Å²) in [4.78, 5) is 6.25. The van der Waals surface area contributed by atoms with E-state index in [1.165, 1.54) is 0 Å². The van der Waals surface area contributed by atoms with Crippen LogP contribution in [0.25, 0.3) is 0 Å². The lowest BCUT2D eigenvalue weighted by molar-refractivity contribution is 0.251. The van der Waals surface area contributed by atoms with Gasteiger partial charge in [-0.05, 0) is 32.6 Å². The zero-order chi connectivity index (χ0) is 11.3. The van der Waals surface area contributed by atoms with E-state index in [1.54, 1.807) is 6.20 Å². The lowest BCUT2D eigenvalue weighted by Crippen LogP contribution is -2.20. The van der Waals surface area contributed by atoms with Gasteiger partial charge in [0.15, 0.2) is 0 Å². The Hall–Kier alpha value is -1.13. The molecule has 15 heavy (non-hydrogen) atoms. The molecule has 0 aliphatic heterocycles. The molecule has 0 amide bonds. The van der Waals surface area contributed by atoms with Crippen LogP contribution >= 0.6 is 0 Å². The molecule has 0 unspecified atom stereocenters. The summed E-state index contributed by atoms with van der Waals surface area (Å²) in [5.41, 5.74) is 7.78. The van der Waals surface area contributed by atoms with Crippen molar-refractivity contribution in [2.75, 3.05) is 27.2 Å². The van der Waals surface area contributed by atoms with Crippen LogP contribution in [0.5, 0.6) is 5.88 Å². The molecular formula is C11H19N3O. The molecule has 1 aromatic rings. The zero-order valence-electron chi connectivity index (χ0n) is 9.66. The minimum atomic E-state index is 0.469. The van der Waals surface area contributed by atoms with Gasteiger partial charge in [0.2, 0.25) is 5.88 Å². The van der Waals surface area contributed by atoms with Crippen LogP contribution in [0, 0.1) is 6.92 Å². The average molecular weight is 209 g/mol. The third kappa shape index (κ3) is 3.49. The number of nitrogens with zero attached hydrogens (tertiary/aromatic N) is 2. The van der Waals surface area contributed by atoms with Crippen LogP contribution in [0.15, 0.2) is 12.3 Å². The number of ether oxygens (including phenoxy) is 1. The molecule has 0 radical (unpaired) electrons. The van der Waals surface area contributed by atoms with Gasteiger partial charge in [-0.3, -0.25) is 0 Å². The fourth-order valence-electron chi connectivity index (χ4n) is 1.26. The van der Waals surface area contributed by atoms with Gasteiger partial charge in [-0.25, -0.2) is 4.98 Å². The molecule has 0 aliphatic carbocycles. The summed E-state index contributed by atoms with van der Waals surface area (Å²) in [5.74, 6) is 0.666. The molecule has 0 saturated carbocycles. The van der Waals surface area contributed by atoms with E-state index in [4.69, 9.17) is 10.5 Å². The Bertz CT molecular complexity index is 313. The van der Waals surface area contributed by atoms with E-state index in [2.05, 4.69) is 9.88 Å². The van der Waals surface area contributed by atoms with Crippen LogP contribution in [-0.2, 0) is 6.54 Å². The van der Waals surface area contributed by atoms with Crippen molar-refractivity contribution in [1.82, 2.24) is 9.88 Å². The second kappa shape index (κ2) is 5.68. The molecule has 4 heteroatoms. The summed E-state index contributed by atoms with van der Waals surface area (Å²) in [6.45, 7) is 4.00. The number of nitrogens with two attached hydrogens (primary N) is 1. The maximum atomic E-state index is 5.65. The van der Waals surface area contributed by atoms with Crippen molar-refractivity contribution in [2.45, 2.75) is 13.5 Å². The van der Waals surface area contributed by atoms with Crippen molar-refractivity contribution in [2.24, 2.45) is 5.73 Å². The predicted molar refractivity (Wildman–Crippen MR) is 60.9 cm³/mol. The molecule has 0 bridgehead atoms. The zero-order valence-corrected chi connectivity index (χ0v) is 9.66. The fraction of sp³-hybridized carbons (Fsp3) is 0.545. The smallest absolute Gasteiger partial charge is 0.218 e. The SMILES string of the molecule is Cc1ccnc(OCCN(C)C)c1CN. The Morgan fingerprint density at radius 1 is 1.47 bits per heavy atom. The molecule has 0 fully saturated rings. The number of hydrogen-bond donors (Lipinski definition) is 1.